The second-order valence-electron chi connectivity index (χ2n) is 13.4. The summed E-state index contributed by atoms with van der Waals surface area (Å²) in [5.74, 6) is -0.826. The number of nitrogens with one attached hydrogen (secondary N) is 4. The molecule has 0 unspecified atom stereocenters. The Labute approximate surface area is 307 Å². The maximum Gasteiger partial charge on any atom is 0.411 e. The lowest BCUT2D eigenvalue weighted by molar-refractivity contribution is -0.126. The van der Waals surface area contributed by atoms with Gasteiger partial charge in [0.2, 0.25) is 5.89 Å². The Morgan fingerprint density at radius 3 is 1.79 bits per heavy atom. The fraction of sp³-hybridized carbons (Fsp3) is 0.244. The summed E-state index contributed by atoms with van der Waals surface area (Å²) < 4.78 is 6.43. The van der Waals surface area contributed by atoms with E-state index in [0.29, 0.717) is 40.7 Å². The van der Waals surface area contributed by atoms with Crippen molar-refractivity contribution in [2.45, 2.75) is 52.1 Å². The summed E-state index contributed by atoms with van der Waals surface area (Å²) in [7, 11) is 0. The molecule has 0 fully saturated rings. The molecule has 4 amide bonds. The molecule has 0 bridgehead atoms. The number of nitrogens with zero attached hydrogens (tertiary/aromatic N) is 1. The van der Waals surface area contributed by atoms with Crippen LogP contribution in [0.1, 0.15) is 44.5 Å². The maximum absolute atomic E-state index is 13.5. The van der Waals surface area contributed by atoms with E-state index >= 15 is 0 Å². The summed E-state index contributed by atoms with van der Waals surface area (Å²) in [4.78, 5) is 53.5. The van der Waals surface area contributed by atoms with Crippen LogP contribution in [-0.2, 0) is 22.4 Å². The van der Waals surface area contributed by atoms with Crippen molar-refractivity contribution in [3.8, 4) is 22.8 Å². The summed E-state index contributed by atoms with van der Waals surface area (Å²) >= 11 is 0. The smallest absolute Gasteiger partial charge is 0.411 e. The van der Waals surface area contributed by atoms with Gasteiger partial charge in [0.15, 0.2) is 5.76 Å². The Morgan fingerprint density at radius 1 is 0.698 bits per heavy atom. The van der Waals surface area contributed by atoms with Crippen LogP contribution in [-0.4, -0.2) is 50.8 Å². The number of anilines is 2. The first-order chi connectivity index (χ1) is 25.3. The van der Waals surface area contributed by atoms with Crippen molar-refractivity contribution in [1.29, 1.82) is 0 Å². The molecule has 5 aromatic rings. The number of rotatable bonds is 14. The molecule has 53 heavy (non-hydrogen) atoms. The number of oxazole rings is 1. The van der Waals surface area contributed by atoms with Gasteiger partial charge in [0.25, 0.3) is 11.8 Å². The first-order valence-electron chi connectivity index (χ1n) is 17.3. The van der Waals surface area contributed by atoms with Crippen molar-refractivity contribution in [3.63, 3.8) is 0 Å². The maximum atomic E-state index is 13.5. The number of benzene rings is 4. The largest absolute Gasteiger partial charge is 0.465 e. The Bertz CT molecular complexity index is 2030. The average molecular weight is 718 g/mol. The average Bonchev–Trinajstić information content (AvgIpc) is 3.54. The minimum atomic E-state index is -1.43. The van der Waals surface area contributed by atoms with E-state index in [1.165, 1.54) is 0 Å². The van der Waals surface area contributed by atoms with Crippen molar-refractivity contribution in [2.24, 2.45) is 11.8 Å². The third-order valence-corrected chi connectivity index (χ3v) is 9.00. The summed E-state index contributed by atoms with van der Waals surface area (Å²) in [6.07, 6.45) is -2.09. The van der Waals surface area contributed by atoms with E-state index in [2.05, 4.69) is 16.0 Å². The zero-order valence-corrected chi connectivity index (χ0v) is 29.9. The van der Waals surface area contributed by atoms with E-state index in [9.17, 15) is 24.3 Å². The lowest BCUT2D eigenvalue weighted by atomic mass is 9.79. The lowest BCUT2D eigenvalue weighted by Gasteiger charge is -2.37. The highest BCUT2D eigenvalue weighted by molar-refractivity contribution is 5.99. The predicted molar refractivity (Wildman–Crippen MR) is 203 cm³/mol. The van der Waals surface area contributed by atoms with Gasteiger partial charge in [-0.15, -0.1) is 0 Å². The van der Waals surface area contributed by atoms with Crippen LogP contribution in [0.5, 0.6) is 0 Å². The fourth-order valence-corrected chi connectivity index (χ4v) is 6.10. The summed E-state index contributed by atoms with van der Waals surface area (Å²) in [6, 6.07) is 33.1. The van der Waals surface area contributed by atoms with Gasteiger partial charge in [-0.05, 0) is 71.5 Å². The molecule has 1 heterocycles. The molecule has 12 heteroatoms. The van der Waals surface area contributed by atoms with Crippen LogP contribution in [0.2, 0.25) is 0 Å². The third kappa shape index (κ3) is 9.47. The van der Waals surface area contributed by atoms with Crippen LogP contribution in [0.15, 0.2) is 114 Å². The van der Waals surface area contributed by atoms with Gasteiger partial charge < -0.3 is 25.3 Å². The fourth-order valence-electron chi connectivity index (χ4n) is 6.10. The van der Waals surface area contributed by atoms with E-state index in [1.807, 2.05) is 118 Å². The van der Waals surface area contributed by atoms with Gasteiger partial charge in [-0.3, -0.25) is 20.2 Å². The van der Waals surface area contributed by atoms with Crippen molar-refractivity contribution in [2.75, 3.05) is 10.6 Å². The third-order valence-electron chi connectivity index (χ3n) is 9.00. The number of carboxylic acid groups (broad SMARTS) is 2. The topological polar surface area (TPSA) is 183 Å². The highest BCUT2D eigenvalue weighted by Gasteiger charge is 2.42. The van der Waals surface area contributed by atoms with Crippen LogP contribution in [0, 0.1) is 11.8 Å². The van der Waals surface area contributed by atoms with Crippen LogP contribution in [0.3, 0.4) is 0 Å². The van der Waals surface area contributed by atoms with Gasteiger partial charge in [0, 0.05) is 35.3 Å². The molecule has 0 spiro atoms. The Morgan fingerprint density at radius 2 is 1.25 bits per heavy atom. The zero-order valence-electron chi connectivity index (χ0n) is 29.9. The molecular weight excluding hydrogens is 674 g/mol. The van der Waals surface area contributed by atoms with Gasteiger partial charge in [0.1, 0.15) is 11.6 Å². The standard InChI is InChI=1S/C41H43N5O7/c1-25(2)34(36(47)44-39(49)50)42-31-19-15-29(16-20-31)35-33(23-27-11-7-5-8-12-27)43-37(53-35)30-17-21-32(22-18-30)46-41(26(3)4,38(48)45-40(51)52)24-28-13-9-6-10-14-28/h5-22,25-26,34,42,46H,23-24H2,1-4H3,(H,44,47)(H,45,48)(H,49,50)(H,51,52)/t34-,41-/m1/s1. The molecule has 0 aliphatic heterocycles. The second-order valence-corrected chi connectivity index (χ2v) is 13.4. The summed E-state index contributed by atoms with van der Waals surface area (Å²) in [6.45, 7) is 7.39. The SMILES string of the molecule is CC(C)[C@@H](Nc1ccc(-c2oc(-c3ccc(N[C@@](Cc4ccccc4)(C(=O)NC(=O)O)C(C)C)cc3)nc2Cc2ccccc2)cc1)C(=O)NC(=O)O. The summed E-state index contributed by atoms with van der Waals surface area (Å²) in [5.41, 5.74) is 4.01. The number of hydrogen-bond donors (Lipinski definition) is 6. The van der Waals surface area contributed by atoms with E-state index in [0.717, 1.165) is 16.7 Å². The Balaban J connectivity index is 1.45. The van der Waals surface area contributed by atoms with Crippen LogP contribution >= 0.6 is 0 Å². The first-order valence-corrected chi connectivity index (χ1v) is 17.3. The second kappa shape index (κ2) is 16.7. The molecular formula is C41H43N5O7. The molecule has 0 saturated carbocycles. The number of carbonyl (C=O) groups excluding carboxylic acids is 2. The molecule has 0 radical (unpaired) electrons. The molecule has 4 aromatic carbocycles. The highest BCUT2D eigenvalue weighted by Crippen LogP contribution is 2.34. The minimum Gasteiger partial charge on any atom is -0.465 e. The highest BCUT2D eigenvalue weighted by atomic mass is 16.4. The van der Waals surface area contributed by atoms with Gasteiger partial charge in [-0.2, -0.15) is 0 Å². The number of hydrogen-bond acceptors (Lipinski definition) is 8. The van der Waals surface area contributed by atoms with Gasteiger partial charge in [0.05, 0.1) is 5.69 Å². The molecule has 0 aliphatic rings. The van der Waals surface area contributed by atoms with Crippen molar-refractivity contribution >= 4 is 35.4 Å². The quantitative estimate of drug-likeness (QED) is 0.0666. The molecule has 12 nitrogen and oxygen atoms in total. The molecule has 274 valence electrons. The van der Waals surface area contributed by atoms with Crippen molar-refractivity contribution < 1.29 is 33.8 Å². The number of amides is 4. The van der Waals surface area contributed by atoms with Crippen LogP contribution in [0.25, 0.3) is 22.8 Å². The Hall–Kier alpha value is -6.43. The van der Waals surface area contributed by atoms with Crippen molar-refractivity contribution in [1.82, 2.24) is 15.6 Å². The number of imide groups is 2. The van der Waals surface area contributed by atoms with Crippen LogP contribution in [0.4, 0.5) is 21.0 Å². The zero-order chi connectivity index (χ0) is 38.1. The minimum absolute atomic E-state index is 0.183. The molecule has 2 atom stereocenters. The van der Waals surface area contributed by atoms with Crippen LogP contribution < -0.4 is 21.3 Å². The number of carbonyl (C=O) groups is 4. The molecule has 5 rings (SSSR count). The first kappa shape index (κ1) is 37.8. The van der Waals surface area contributed by atoms with E-state index in [4.69, 9.17) is 14.5 Å². The van der Waals surface area contributed by atoms with Gasteiger partial charge in [-0.1, -0.05) is 88.4 Å². The molecule has 0 saturated heterocycles. The molecule has 1 aromatic heterocycles. The normalized spacial score (nSPS) is 12.8. The van der Waals surface area contributed by atoms with E-state index < -0.39 is 35.6 Å². The number of aromatic nitrogens is 1. The van der Waals surface area contributed by atoms with Crippen molar-refractivity contribution in [3.05, 3.63) is 126 Å². The van der Waals surface area contributed by atoms with Gasteiger partial charge in [-0.25, -0.2) is 14.6 Å². The Kier molecular flexibility index (Phi) is 11.9. The van der Waals surface area contributed by atoms with Gasteiger partial charge >= 0.3 is 12.2 Å². The predicted octanol–water partition coefficient (Wildman–Crippen LogP) is 7.67. The molecule has 6 N–H and O–H groups in total. The lowest BCUT2D eigenvalue weighted by Crippen LogP contribution is -2.58. The molecule has 0 aliphatic carbocycles. The summed E-state index contributed by atoms with van der Waals surface area (Å²) in [5, 5.41) is 28.9. The van der Waals surface area contributed by atoms with E-state index in [-0.39, 0.29) is 18.3 Å². The monoisotopic (exact) mass is 717 g/mol. The van der Waals surface area contributed by atoms with E-state index in [1.54, 1.807) is 24.3 Å².